The molecular formula is C46H30. The van der Waals surface area contributed by atoms with E-state index in [1.807, 2.05) is 0 Å². The molecule has 0 unspecified atom stereocenters. The molecule has 0 heteroatoms. The van der Waals surface area contributed by atoms with Crippen LogP contribution in [-0.4, -0.2) is 0 Å². The van der Waals surface area contributed by atoms with E-state index in [-0.39, 0.29) is 73.7 Å². The predicted octanol–water partition coefficient (Wildman–Crippen LogP) is 13.0. The van der Waals surface area contributed by atoms with Crippen LogP contribution in [0.15, 0.2) is 182 Å². The second kappa shape index (κ2) is 10.9. The summed E-state index contributed by atoms with van der Waals surface area (Å²) >= 11 is 0. The maximum absolute atomic E-state index is 9.31. The number of hydrogen-bond donors (Lipinski definition) is 0. The van der Waals surface area contributed by atoms with Gasteiger partial charge in [0.2, 0.25) is 0 Å². The van der Waals surface area contributed by atoms with E-state index in [2.05, 4.69) is 0 Å². The van der Waals surface area contributed by atoms with Crippen LogP contribution in [0.5, 0.6) is 0 Å². The summed E-state index contributed by atoms with van der Waals surface area (Å²) in [6.07, 6.45) is 0. The molecular weight excluding hydrogens is 553 g/mol. The number of fused-ring (bicyclic) bond motifs is 4. The van der Waals surface area contributed by atoms with Gasteiger partial charge in [-0.05, 0) is 112 Å². The Morgan fingerprint density at radius 3 is 1.65 bits per heavy atom. The van der Waals surface area contributed by atoms with Gasteiger partial charge in [0.1, 0.15) is 0 Å². The molecule has 9 aromatic rings. The Balaban J connectivity index is 1.40. The van der Waals surface area contributed by atoms with Gasteiger partial charge in [-0.25, -0.2) is 0 Å². The van der Waals surface area contributed by atoms with Gasteiger partial charge in [0.15, 0.2) is 0 Å². The fraction of sp³-hybridized carbons (Fsp3) is 0. The fourth-order valence-electron chi connectivity index (χ4n) is 6.17. The van der Waals surface area contributed by atoms with Gasteiger partial charge in [-0.3, -0.25) is 0 Å². The Labute approximate surface area is 294 Å². The maximum atomic E-state index is 9.31. The highest BCUT2D eigenvalue weighted by Crippen LogP contribution is 2.44. The predicted molar refractivity (Wildman–Crippen MR) is 198 cm³/mol. The summed E-state index contributed by atoms with van der Waals surface area (Å²) in [5, 5.41) is 1.05. The van der Waals surface area contributed by atoms with E-state index >= 15 is 0 Å². The fourth-order valence-corrected chi connectivity index (χ4v) is 6.17. The Morgan fingerprint density at radius 2 is 0.891 bits per heavy atom. The van der Waals surface area contributed by atoms with Gasteiger partial charge in [-0.1, -0.05) is 157 Å². The molecule has 0 spiro atoms. The van der Waals surface area contributed by atoms with Crippen LogP contribution in [0.1, 0.15) is 24.7 Å². The van der Waals surface area contributed by atoms with Crippen LogP contribution >= 0.6 is 0 Å². The van der Waals surface area contributed by atoms with Crippen LogP contribution in [-0.2, 0) is 0 Å². The third-order valence-corrected chi connectivity index (χ3v) is 8.17. The molecule has 0 aliphatic rings. The molecule has 0 aliphatic carbocycles. The minimum atomic E-state index is -0.627. The van der Waals surface area contributed by atoms with Crippen molar-refractivity contribution in [3.8, 4) is 44.5 Å². The van der Waals surface area contributed by atoms with E-state index in [4.69, 9.17) is 21.9 Å². The van der Waals surface area contributed by atoms with Gasteiger partial charge >= 0.3 is 0 Å². The second-order valence-corrected chi connectivity index (χ2v) is 10.7. The molecule has 0 fully saturated rings. The van der Waals surface area contributed by atoms with E-state index in [0.717, 1.165) is 0 Å². The standard InChI is InChI=1S/C46H30/c1-2-14-32(15-3-1)45-40-21-8-10-23-42(40)46(43-24-11-9-22-41(43)45)37-19-12-18-36(28-37)44-30-38(29-35-17-6-7-20-39(35)44)34-26-25-31-13-4-5-16-33(31)27-34/h1-30H/i1D,2D,3D,4D,5D,6D,7D,8D,10D,13D,14D,15D,16D,17D,20D,21D,23D,25D. The minimum Gasteiger partial charge on any atom is -0.0622 e. The number of benzene rings is 9. The maximum Gasteiger partial charge on any atom is 0.0629 e. The van der Waals surface area contributed by atoms with Crippen LogP contribution in [0.3, 0.4) is 0 Å². The van der Waals surface area contributed by atoms with Crippen LogP contribution < -0.4 is 0 Å². The first kappa shape index (κ1) is 14.0. The van der Waals surface area contributed by atoms with Crippen molar-refractivity contribution >= 4 is 43.1 Å². The van der Waals surface area contributed by atoms with Crippen molar-refractivity contribution in [1.29, 1.82) is 0 Å². The first-order chi connectivity index (χ1) is 30.3. The Bertz CT molecular complexity index is 3570. The first-order valence-electron chi connectivity index (χ1n) is 23.5. The average molecular weight is 601 g/mol. The summed E-state index contributed by atoms with van der Waals surface area (Å²) in [5.41, 5.74) is 1.95. The molecule has 214 valence electrons. The third-order valence-electron chi connectivity index (χ3n) is 8.17. The summed E-state index contributed by atoms with van der Waals surface area (Å²) < 4.78 is 157. The van der Waals surface area contributed by atoms with Gasteiger partial charge in [-0.15, -0.1) is 0 Å². The largest absolute Gasteiger partial charge is 0.0629 e. The minimum absolute atomic E-state index is 0.00730. The lowest BCUT2D eigenvalue weighted by atomic mass is 9.85. The summed E-state index contributed by atoms with van der Waals surface area (Å²) in [7, 11) is 0. The monoisotopic (exact) mass is 600 g/mol. The molecule has 46 heavy (non-hydrogen) atoms. The zero-order valence-corrected chi connectivity index (χ0v) is 23.9. The van der Waals surface area contributed by atoms with Crippen LogP contribution in [0.2, 0.25) is 0 Å². The molecule has 0 N–H and O–H groups in total. The smallest absolute Gasteiger partial charge is 0.0622 e. The van der Waals surface area contributed by atoms with E-state index < -0.39 is 78.6 Å². The Morgan fingerprint density at radius 1 is 0.304 bits per heavy atom. The van der Waals surface area contributed by atoms with E-state index in [1.165, 1.54) is 12.1 Å². The van der Waals surface area contributed by atoms with Crippen LogP contribution in [0, 0.1) is 0 Å². The van der Waals surface area contributed by atoms with Crippen molar-refractivity contribution < 1.29 is 24.7 Å². The molecule has 9 rings (SSSR count). The third kappa shape index (κ3) is 4.38. The van der Waals surface area contributed by atoms with Crippen molar-refractivity contribution in [2.24, 2.45) is 0 Å². The summed E-state index contributed by atoms with van der Waals surface area (Å²) in [5.74, 6) is 0. The Kier molecular flexibility index (Phi) is 3.30. The number of rotatable bonds is 4. The van der Waals surface area contributed by atoms with Crippen molar-refractivity contribution in [2.75, 3.05) is 0 Å². The van der Waals surface area contributed by atoms with Crippen molar-refractivity contribution in [3.63, 3.8) is 0 Å². The summed E-state index contributed by atoms with van der Waals surface area (Å²) in [6.45, 7) is 0. The molecule has 0 saturated heterocycles. The molecule has 0 aromatic heterocycles. The lowest BCUT2D eigenvalue weighted by Gasteiger charge is -2.18. The van der Waals surface area contributed by atoms with Crippen molar-refractivity contribution in [3.05, 3.63) is 182 Å². The topological polar surface area (TPSA) is 0 Å². The second-order valence-electron chi connectivity index (χ2n) is 10.7. The van der Waals surface area contributed by atoms with Gasteiger partial charge in [-0.2, -0.15) is 0 Å². The van der Waals surface area contributed by atoms with Crippen LogP contribution in [0.25, 0.3) is 87.6 Å². The Hall–Kier alpha value is -5.98. The molecule has 9 aromatic carbocycles. The zero-order chi connectivity index (χ0) is 46.1. The number of hydrogen-bond acceptors (Lipinski definition) is 0. The highest BCUT2D eigenvalue weighted by Gasteiger charge is 2.17. The molecule has 0 bridgehead atoms. The van der Waals surface area contributed by atoms with E-state index in [1.54, 1.807) is 60.7 Å². The van der Waals surface area contributed by atoms with Gasteiger partial charge in [0.25, 0.3) is 0 Å². The quantitative estimate of drug-likeness (QED) is 0.176. The van der Waals surface area contributed by atoms with E-state index in [9.17, 15) is 2.74 Å². The average Bonchev–Trinajstić information content (AvgIpc) is 3.30. The molecule has 0 heterocycles. The van der Waals surface area contributed by atoms with Crippen molar-refractivity contribution in [1.82, 2.24) is 0 Å². The highest BCUT2D eigenvalue weighted by molar-refractivity contribution is 6.21. The van der Waals surface area contributed by atoms with Gasteiger partial charge < -0.3 is 0 Å². The first-order valence-corrected chi connectivity index (χ1v) is 14.5. The zero-order valence-electron chi connectivity index (χ0n) is 41.9. The van der Waals surface area contributed by atoms with Gasteiger partial charge in [0, 0.05) is 0 Å². The lowest BCUT2D eigenvalue weighted by Crippen LogP contribution is -1.91. The molecule has 0 aliphatic heterocycles. The summed E-state index contributed by atoms with van der Waals surface area (Å²) in [4.78, 5) is 0. The summed E-state index contributed by atoms with van der Waals surface area (Å²) in [6, 6.07) is 11.1. The molecule has 0 nitrogen and oxygen atoms in total. The molecule has 0 amide bonds. The normalized spacial score (nSPS) is 17.0. The SMILES string of the molecule is [2H]c1c([2H])c([2H])c(-c2c3ccccc3c(-c3cccc(-c4cc(-c5cc([2H])c6c([2H])c([2H])c([2H])c([2H])c6c5)cc5c([2H])c([2H])c([2H])c([2H])c45)c3)c3c([2H])c([2H])c([2H])c([2H])c23)c([2H])c1[2H]. The lowest BCUT2D eigenvalue weighted by molar-refractivity contribution is 1.62. The van der Waals surface area contributed by atoms with Crippen LogP contribution in [0.4, 0.5) is 0 Å². The van der Waals surface area contributed by atoms with Gasteiger partial charge in [0.05, 0.1) is 24.7 Å². The molecule has 0 radical (unpaired) electrons. The van der Waals surface area contributed by atoms with Crippen molar-refractivity contribution in [2.45, 2.75) is 0 Å². The molecule has 0 saturated carbocycles. The molecule has 0 atom stereocenters. The van der Waals surface area contributed by atoms with E-state index in [0.29, 0.717) is 44.2 Å². The highest BCUT2D eigenvalue weighted by atomic mass is 14.2.